The van der Waals surface area contributed by atoms with Crippen LogP contribution in [0.1, 0.15) is 42.0 Å². The lowest BCUT2D eigenvalue weighted by Crippen LogP contribution is -2.35. The Morgan fingerprint density at radius 2 is 1.69 bits per heavy atom. The van der Waals surface area contributed by atoms with Crippen LogP contribution in [0, 0.1) is 12.8 Å². The Bertz CT molecular complexity index is 1700. The highest BCUT2D eigenvalue weighted by molar-refractivity contribution is 5.98. The minimum Gasteiger partial charge on any atom is -0.457 e. The van der Waals surface area contributed by atoms with Crippen molar-refractivity contribution in [3.63, 3.8) is 0 Å². The van der Waals surface area contributed by atoms with Crippen LogP contribution in [0.3, 0.4) is 0 Å². The number of aromatic nitrogens is 3. The molecule has 0 N–H and O–H groups in total. The van der Waals surface area contributed by atoms with Gasteiger partial charge in [-0.2, -0.15) is 4.98 Å². The number of anilines is 1. The van der Waals surface area contributed by atoms with Crippen LogP contribution in [0.4, 0.5) is 5.82 Å². The molecule has 1 fully saturated rings. The van der Waals surface area contributed by atoms with E-state index in [1.54, 1.807) is 0 Å². The Kier molecular flexibility index (Phi) is 7.86. The molecule has 1 aliphatic heterocycles. The second-order valence-corrected chi connectivity index (χ2v) is 11.2. The van der Waals surface area contributed by atoms with E-state index in [1.165, 1.54) is 0 Å². The Labute approximate surface area is 245 Å². The van der Waals surface area contributed by atoms with Gasteiger partial charge < -0.3 is 19.1 Å². The highest BCUT2D eigenvalue weighted by atomic mass is 16.5. The van der Waals surface area contributed by atoms with E-state index in [0.717, 1.165) is 58.9 Å². The fraction of sp³-hybridized carbons (Fsp3) is 0.294. The van der Waals surface area contributed by atoms with E-state index in [9.17, 15) is 4.79 Å². The van der Waals surface area contributed by atoms with Crippen LogP contribution in [-0.4, -0.2) is 52.1 Å². The summed E-state index contributed by atoms with van der Waals surface area (Å²) >= 11 is 0. The Balaban J connectivity index is 1.34. The van der Waals surface area contributed by atoms with E-state index >= 15 is 0 Å². The summed E-state index contributed by atoms with van der Waals surface area (Å²) in [7, 11) is 0. The molecule has 8 nitrogen and oxygen atoms in total. The van der Waals surface area contributed by atoms with Gasteiger partial charge in [-0.25, -0.2) is 4.98 Å². The van der Waals surface area contributed by atoms with Gasteiger partial charge in [0.15, 0.2) is 0 Å². The average Bonchev–Trinajstić information content (AvgIpc) is 3.26. The van der Waals surface area contributed by atoms with Crippen LogP contribution in [0.2, 0.25) is 0 Å². The zero-order chi connectivity index (χ0) is 29.1. The minimum absolute atomic E-state index is 0.0733. The number of benzene rings is 3. The number of carbonyl (C=O) groups is 1. The number of ether oxygens (including phenoxy) is 1. The number of fused-ring (bicyclic) bond motifs is 1. The number of hydrogen-bond acceptors (Lipinski definition) is 7. The van der Waals surface area contributed by atoms with Crippen molar-refractivity contribution in [2.45, 2.75) is 33.6 Å². The fourth-order valence-corrected chi connectivity index (χ4v) is 5.41. The largest absolute Gasteiger partial charge is 0.457 e. The second-order valence-electron chi connectivity index (χ2n) is 11.2. The molecule has 0 bridgehead atoms. The molecule has 8 heteroatoms. The Morgan fingerprint density at radius 3 is 2.50 bits per heavy atom. The van der Waals surface area contributed by atoms with Crippen molar-refractivity contribution in [3.05, 3.63) is 95.8 Å². The summed E-state index contributed by atoms with van der Waals surface area (Å²) in [5, 5.41) is 5.26. The summed E-state index contributed by atoms with van der Waals surface area (Å²) < 4.78 is 11.9. The number of nitrogens with zero attached hydrogens (tertiary/aromatic N) is 5. The first kappa shape index (κ1) is 27.4. The van der Waals surface area contributed by atoms with Crippen molar-refractivity contribution in [1.82, 2.24) is 20.0 Å². The lowest BCUT2D eigenvalue weighted by atomic mass is 10.1. The molecule has 0 atom stereocenters. The van der Waals surface area contributed by atoms with E-state index in [2.05, 4.69) is 23.9 Å². The van der Waals surface area contributed by atoms with Crippen LogP contribution in [-0.2, 0) is 6.42 Å². The van der Waals surface area contributed by atoms with E-state index in [4.69, 9.17) is 19.2 Å². The molecule has 0 unspecified atom stereocenters. The Hall–Kier alpha value is -4.72. The number of hydrogen-bond donors (Lipinski definition) is 0. The minimum atomic E-state index is 0.0733. The monoisotopic (exact) mass is 561 g/mol. The molecule has 3 heterocycles. The van der Waals surface area contributed by atoms with Gasteiger partial charge in [0.2, 0.25) is 0 Å². The molecule has 3 aromatic carbocycles. The maximum atomic E-state index is 13.4. The van der Waals surface area contributed by atoms with Gasteiger partial charge >= 0.3 is 0 Å². The van der Waals surface area contributed by atoms with Crippen LogP contribution in [0.5, 0.6) is 11.5 Å². The van der Waals surface area contributed by atoms with Crippen molar-refractivity contribution in [1.29, 1.82) is 0 Å². The topological polar surface area (TPSA) is 84.6 Å². The average molecular weight is 562 g/mol. The van der Waals surface area contributed by atoms with Gasteiger partial charge in [0.05, 0.1) is 0 Å². The maximum absolute atomic E-state index is 13.4. The van der Waals surface area contributed by atoms with Crippen molar-refractivity contribution >= 4 is 22.8 Å². The molecule has 0 saturated carbocycles. The number of carbonyl (C=O) groups excluding carboxylic acids is 1. The first-order chi connectivity index (χ1) is 20.5. The molecule has 0 spiro atoms. The first-order valence-electron chi connectivity index (χ1n) is 14.6. The van der Waals surface area contributed by atoms with Crippen molar-refractivity contribution in [2.75, 3.05) is 31.1 Å². The standard InChI is InChI=1S/C34H35N5O3/c1-23(2)21-29-35-32(38-17-10-18-39(20-19-38)34(40)28-16-8-7-11-24(28)3)30-31(37-42-33(30)36-29)25-12-9-15-27(22-25)41-26-13-5-4-6-14-26/h4-9,11-16,22-23H,10,17-21H2,1-3H3. The normalized spacial score (nSPS) is 13.9. The zero-order valence-electron chi connectivity index (χ0n) is 24.3. The summed E-state index contributed by atoms with van der Waals surface area (Å²) in [6, 6.07) is 25.3. The second kappa shape index (κ2) is 12.0. The molecule has 0 radical (unpaired) electrons. The number of para-hydroxylation sites is 1. The SMILES string of the molecule is Cc1ccccc1C(=O)N1CCCN(c2nc(CC(C)C)nc3onc(-c4cccc(Oc5ccccc5)c4)c23)CC1. The predicted octanol–water partition coefficient (Wildman–Crippen LogP) is 6.94. The molecular formula is C34H35N5O3. The summed E-state index contributed by atoms with van der Waals surface area (Å²) in [6.45, 7) is 8.97. The van der Waals surface area contributed by atoms with E-state index in [-0.39, 0.29) is 5.91 Å². The van der Waals surface area contributed by atoms with Gasteiger partial charge in [-0.15, -0.1) is 0 Å². The summed E-state index contributed by atoms with van der Waals surface area (Å²) in [5.41, 5.74) is 3.75. The zero-order valence-corrected chi connectivity index (χ0v) is 24.3. The van der Waals surface area contributed by atoms with E-state index in [0.29, 0.717) is 42.7 Å². The molecule has 1 amide bonds. The lowest BCUT2D eigenvalue weighted by Gasteiger charge is -2.24. The molecule has 2 aromatic heterocycles. The molecule has 1 aliphatic rings. The van der Waals surface area contributed by atoms with Gasteiger partial charge in [0, 0.05) is 43.7 Å². The quantitative estimate of drug-likeness (QED) is 0.213. The van der Waals surface area contributed by atoms with Gasteiger partial charge in [-0.1, -0.05) is 67.5 Å². The fourth-order valence-electron chi connectivity index (χ4n) is 5.41. The van der Waals surface area contributed by atoms with E-state index < -0.39 is 0 Å². The Morgan fingerprint density at radius 1 is 0.905 bits per heavy atom. The van der Waals surface area contributed by atoms with Gasteiger partial charge in [0.25, 0.3) is 11.6 Å². The lowest BCUT2D eigenvalue weighted by molar-refractivity contribution is 0.0766. The highest BCUT2D eigenvalue weighted by Crippen LogP contribution is 2.36. The first-order valence-corrected chi connectivity index (χ1v) is 14.6. The predicted molar refractivity (Wildman–Crippen MR) is 164 cm³/mol. The van der Waals surface area contributed by atoms with Gasteiger partial charge in [-0.05, 0) is 55.2 Å². The molecule has 42 heavy (non-hydrogen) atoms. The third-order valence-corrected chi connectivity index (χ3v) is 7.50. The number of aryl methyl sites for hydroxylation is 1. The van der Waals surface area contributed by atoms with Crippen LogP contribution in [0.25, 0.3) is 22.4 Å². The maximum Gasteiger partial charge on any atom is 0.263 e. The smallest absolute Gasteiger partial charge is 0.263 e. The van der Waals surface area contributed by atoms with E-state index in [1.807, 2.05) is 90.7 Å². The third kappa shape index (κ3) is 5.84. The van der Waals surface area contributed by atoms with Gasteiger partial charge in [-0.3, -0.25) is 4.79 Å². The number of amides is 1. The van der Waals surface area contributed by atoms with Crippen molar-refractivity contribution in [3.8, 4) is 22.8 Å². The van der Waals surface area contributed by atoms with Gasteiger partial charge in [0.1, 0.15) is 34.2 Å². The molecular weight excluding hydrogens is 526 g/mol. The molecule has 5 aromatic rings. The number of rotatable bonds is 7. The van der Waals surface area contributed by atoms with Crippen LogP contribution < -0.4 is 9.64 Å². The van der Waals surface area contributed by atoms with Crippen LogP contribution >= 0.6 is 0 Å². The van der Waals surface area contributed by atoms with Crippen molar-refractivity contribution in [2.24, 2.45) is 5.92 Å². The highest BCUT2D eigenvalue weighted by Gasteiger charge is 2.27. The van der Waals surface area contributed by atoms with Crippen molar-refractivity contribution < 1.29 is 14.1 Å². The summed E-state index contributed by atoms with van der Waals surface area (Å²) in [5.74, 6) is 3.45. The summed E-state index contributed by atoms with van der Waals surface area (Å²) in [6.07, 6.45) is 1.55. The summed E-state index contributed by atoms with van der Waals surface area (Å²) in [4.78, 5) is 27.5. The third-order valence-electron chi connectivity index (χ3n) is 7.50. The molecule has 0 aliphatic carbocycles. The molecule has 6 rings (SSSR count). The molecule has 1 saturated heterocycles. The molecule has 214 valence electrons. The van der Waals surface area contributed by atoms with Crippen LogP contribution in [0.15, 0.2) is 83.4 Å².